The predicted octanol–water partition coefficient (Wildman–Crippen LogP) is 3.48. The molecule has 0 aromatic heterocycles. The molecule has 18 heavy (non-hydrogen) atoms. The molecule has 2 nitrogen and oxygen atoms in total. The minimum atomic E-state index is 0.222. The second-order valence-corrected chi connectivity index (χ2v) is 6.36. The Hall–Kier alpha value is -0.340. The van der Waals surface area contributed by atoms with Gasteiger partial charge in [-0.1, -0.05) is 38.8 Å². The van der Waals surface area contributed by atoms with Gasteiger partial charge in [0.05, 0.1) is 0 Å². The Kier molecular flexibility index (Phi) is 6.95. The molecule has 0 spiro atoms. The van der Waals surface area contributed by atoms with E-state index < -0.39 is 0 Å². The molecule has 1 aliphatic rings. The molecule has 2 unspecified atom stereocenters. The van der Waals surface area contributed by atoms with Crippen LogP contribution in [0.4, 0.5) is 0 Å². The summed E-state index contributed by atoms with van der Waals surface area (Å²) in [5.41, 5.74) is 6.29. The summed E-state index contributed by atoms with van der Waals surface area (Å²) in [7, 11) is 0. The number of hydrogen-bond acceptors (Lipinski definition) is 2. The van der Waals surface area contributed by atoms with Gasteiger partial charge in [-0.15, -0.1) is 0 Å². The molecule has 0 amide bonds. The molecule has 1 fully saturated rings. The maximum Gasteiger partial charge on any atom is 0.0306 e. The van der Waals surface area contributed by atoms with Gasteiger partial charge >= 0.3 is 0 Å². The van der Waals surface area contributed by atoms with Crippen LogP contribution in [-0.4, -0.2) is 18.6 Å². The zero-order chi connectivity index (χ0) is 13.4. The van der Waals surface area contributed by atoms with Crippen molar-refractivity contribution in [2.24, 2.45) is 17.6 Å². The zero-order valence-electron chi connectivity index (χ0n) is 12.5. The van der Waals surface area contributed by atoms with E-state index in [1.54, 1.807) is 0 Å². The Morgan fingerprint density at radius 3 is 2.83 bits per heavy atom. The minimum absolute atomic E-state index is 0.222. The van der Waals surface area contributed by atoms with Crippen molar-refractivity contribution in [1.82, 2.24) is 5.32 Å². The third-order valence-electron chi connectivity index (χ3n) is 4.19. The number of allylic oxidation sites excluding steroid dienone is 1. The van der Waals surface area contributed by atoms with Crippen molar-refractivity contribution < 1.29 is 0 Å². The molecule has 1 aliphatic carbocycles. The molecule has 0 aromatic carbocycles. The highest BCUT2D eigenvalue weighted by Gasteiger charge is 2.34. The van der Waals surface area contributed by atoms with Gasteiger partial charge in [0.15, 0.2) is 0 Å². The first-order chi connectivity index (χ1) is 8.62. The number of nitrogens with one attached hydrogen (secondary N) is 1. The van der Waals surface area contributed by atoms with E-state index in [0.717, 1.165) is 31.3 Å². The summed E-state index contributed by atoms with van der Waals surface area (Å²) in [6.07, 6.45) is 12.1. The Bertz CT molecular complexity index is 247. The van der Waals surface area contributed by atoms with Crippen molar-refractivity contribution in [3.63, 3.8) is 0 Å². The molecule has 106 valence electrons. The number of hydrogen-bond donors (Lipinski definition) is 2. The molecule has 2 heteroatoms. The van der Waals surface area contributed by atoms with Crippen molar-refractivity contribution in [3.8, 4) is 0 Å². The van der Waals surface area contributed by atoms with Crippen LogP contribution in [0.2, 0.25) is 0 Å². The van der Waals surface area contributed by atoms with Crippen LogP contribution in [0.25, 0.3) is 0 Å². The molecular formula is C16H32N2. The third kappa shape index (κ3) is 5.11. The monoisotopic (exact) mass is 252 g/mol. The summed E-state index contributed by atoms with van der Waals surface area (Å²) in [6, 6.07) is 0. The first kappa shape index (κ1) is 15.7. The highest BCUT2D eigenvalue weighted by molar-refractivity contribution is 4.95. The first-order valence-electron chi connectivity index (χ1n) is 7.68. The maximum absolute atomic E-state index is 6.07. The highest BCUT2D eigenvalue weighted by Crippen LogP contribution is 2.35. The van der Waals surface area contributed by atoms with Gasteiger partial charge in [-0.25, -0.2) is 0 Å². The normalized spacial score (nSPS) is 29.3. The molecule has 1 rings (SSSR count). The summed E-state index contributed by atoms with van der Waals surface area (Å²) < 4.78 is 0. The molecule has 3 N–H and O–H groups in total. The highest BCUT2D eigenvalue weighted by atomic mass is 15.0. The smallest absolute Gasteiger partial charge is 0.0306 e. The van der Waals surface area contributed by atoms with Gasteiger partial charge in [-0.2, -0.15) is 0 Å². The minimum Gasteiger partial charge on any atom is -0.329 e. The quantitative estimate of drug-likeness (QED) is 0.538. The lowest BCUT2D eigenvalue weighted by atomic mass is 9.73. The molecule has 0 radical (unpaired) electrons. The van der Waals surface area contributed by atoms with E-state index in [-0.39, 0.29) is 5.54 Å². The molecule has 1 saturated carbocycles. The lowest BCUT2D eigenvalue weighted by Crippen LogP contribution is -2.54. The van der Waals surface area contributed by atoms with Crippen LogP contribution in [0.3, 0.4) is 0 Å². The van der Waals surface area contributed by atoms with Gasteiger partial charge in [0.1, 0.15) is 0 Å². The number of rotatable bonds is 7. The van der Waals surface area contributed by atoms with Gasteiger partial charge in [0.2, 0.25) is 0 Å². The van der Waals surface area contributed by atoms with E-state index in [2.05, 4.69) is 38.2 Å². The Labute approximate surface area is 113 Å². The van der Waals surface area contributed by atoms with E-state index >= 15 is 0 Å². The van der Waals surface area contributed by atoms with Crippen LogP contribution in [-0.2, 0) is 0 Å². The summed E-state index contributed by atoms with van der Waals surface area (Å²) in [5, 5.41) is 3.75. The van der Waals surface area contributed by atoms with Crippen LogP contribution in [0.15, 0.2) is 12.2 Å². The third-order valence-corrected chi connectivity index (χ3v) is 4.19. The second kappa shape index (κ2) is 7.96. The first-order valence-corrected chi connectivity index (χ1v) is 7.68. The topological polar surface area (TPSA) is 38.0 Å². The molecule has 0 saturated heterocycles. The molecule has 0 heterocycles. The SMILES string of the molecule is C/C=C/CCNC1(CN)CCCC(CC(C)C)C1. The van der Waals surface area contributed by atoms with Crippen molar-refractivity contribution in [2.75, 3.05) is 13.1 Å². The van der Waals surface area contributed by atoms with E-state index in [1.807, 2.05) is 0 Å². The van der Waals surface area contributed by atoms with Gasteiger partial charge in [0, 0.05) is 12.1 Å². The Morgan fingerprint density at radius 2 is 2.22 bits per heavy atom. The Balaban J connectivity index is 2.46. The lowest BCUT2D eigenvalue weighted by molar-refractivity contribution is 0.169. The van der Waals surface area contributed by atoms with Gasteiger partial charge in [-0.3, -0.25) is 0 Å². The Morgan fingerprint density at radius 1 is 1.44 bits per heavy atom. The second-order valence-electron chi connectivity index (χ2n) is 6.36. The van der Waals surface area contributed by atoms with Crippen molar-refractivity contribution in [3.05, 3.63) is 12.2 Å². The summed E-state index contributed by atoms with van der Waals surface area (Å²) in [6.45, 7) is 8.60. The largest absolute Gasteiger partial charge is 0.329 e. The summed E-state index contributed by atoms with van der Waals surface area (Å²) >= 11 is 0. The van der Waals surface area contributed by atoms with Crippen molar-refractivity contribution >= 4 is 0 Å². The molecule has 2 atom stereocenters. The van der Waals surface area contributed by atoms with Crippen LogP contribution >= 0.6 is 0 Å². The van der Waals surface area contributed by atoms with E-state index in [0.29, 0.717) is 0 Å². The zero-order valence-corrected chi connectivity index (χ0v) is 12.5. The van der Waals surface area contributed by atoms with Crippen LogP contribution < -0.4 is 11.1 Å². The standard InChI is InChI=1S/C16H32N2/c1-4-5-6-10-18-16(13-17)9-7-8-15(12-16)11-14(2)3/h4-5,14-15,18H,6-13,17H2,1-3H3/b5-4+. The number of nitrogens with two attached hydrogens (primary N) is 1. The molecule has 0 bridgehead atoms. The maximum atomic E-state index is 6.07. The molecule has 0 aromatic rings. The van der Waals surface area contributed by atoms with Crippen LogP contribution in [0.5, 0.6) is 0 Å². The van der Waals surface area contributed by atoms with Gasteiger partial charge in [-0.05, 0) is 51.0 Å². The lowest BCUT2D eigenvalue weighted by Gasteiger charge is -2.41. The molecular weight excluding hydrogens is 220 g/mol. The summed E-state index contributed by atoms with van der Waals surface area (Å²) in [4.78, 5) is 0. The summed E-state index contributed by atoms with van der Waals surface area (Å²) in [5.74, 6) is 1.68. The van der Waals surface area contributed by atoms with E-state index in [4.69, 9.17) is 5.73 Å². The fourth-order valence-corrected chi connectivity index (χ4v) is 3.36. The van der Waals surface area contributed by atoms with Crippen LogP contribution in [0, 0.1) is 11.8 Å². The van der Waals surface area contributed by atoms with Crippen molar-refractivity contribution in [1.29, 1.82) is 0 Å². The average molecular weight is 252 g/mol. The van der Waals surface area contributed by atoms with E-state index in [9.17, 15) is 0 Å². The predicted molar refractivity (Wildman–Crippen MR) is 80.6 cm³/mol. The van der Waals surface area contributed by atoms with Crippen LogP contribution in [0.1, 0.15) is 59.3 Å². The van der Waals surface area contributed by atoms with Crippen molar-refractivity contribution in [2.45, 2.75) is 64.8 Å². The van der Waals surface area contributed by atoms with Gasteiger partial charge < -0.3 is 11.1 Å². The van der Waals surface area contributed by atoms with E-state index in [1.165, 1.54) is 32.1 Å². The fourth-order valence-electron chi connectivity index (χ4n) is 3.36. The average Bonchev–Trinajstić information content (AvgIpc) is 2.34. The van der Waals surface area contributed by atoms with Gasteiger partial charge in [0.25, 0.3) is 0 Å². The fraction of sp³-hybridized carbons (Fsp3) is 0.875. The molecule has 0 aliphatic heterocycles.